The van der Waals surface area contributed by atoms with Crippen molar-refractivity contribution in [3.05, 3.63) is 112 Å². The normalized spacial score (nSPS) is 20.1. The van der Waals surface area contributed by atoms with Crippen molar-refractivity contribution >= 4 is 28.8 Å². The van der Waals surface area contributed by atoms with Crippen LogP contribution in [0.5, 0.6) is 5.75 Å². The van der Waals surface area contributed by atoms with Gasteiger partial charge in [0, 0.05) is 36.1 Å². The van der Waals surface area contributed by atoms with Crippen LogP contribution in [0.2, 0.25) is 0 Å². The molecule has 1 N–H and O–H groups in total. The molecule has 0 unspecified atom stereocenters. The predicted molar refractivity (Wildman–Crippen MR) is 151 cm³/mol. The molecule has 2 atom stereocenters. The van der Waals surface area contributed by atoms with Crippen molar-refractivity contribution in [2.45, 2.75) is 38.0 Å². The minimum absolute atomic E-state index is 0.0853. The van der Waals surface area contributed by atoms with E-state index in [4.69, 9.17) is 19.6 Å². The number of thiazole rings is 1. The fourth-order valence-corrected chi connectivity index (χ4v) is 5.86. The molecule has 3 heterocycles. The summed E-state index contributed by atoms with van der Waals surface area (Å²) in [7, 11) is 0. The zero-order valence-corrected chi connectivity index (χ0v) is 22.4. The smallest absolute Gasteiger partial charge is 0.260 e. The number of nitrogens with zero attached hydrogens (tertiary/aromatic N) is 3. The fourth-order valence-electron chi connectivity index (χ4n) is 5.25. The average molecular weight is 540 g/mol. The molecule has 2 aliphatic rings. The molecule has 7 nitrogen and oxygen atoms in total. The van der Waals surface area contributed by atoms with Gasteiger partial charge in [0.1, 0.15) is 5.75 Å². The second kappa shape index (κ2) is 10.6. The molecule has 4 aromatic rings. The van der Waals surface area contributed by atoms with E-state index in [9.17, 15) is 4.79 Å². The summed E-state index contributed by atoms with van der Waals surface area (Å²) in [6.07, 6.45) is 0.411. The zero-order chi connectivity index (χ0) is 26.8. The first-order valence-corrected chi connectivity index (χ1v) is 13.9. The molecule has 0 saturated heterocycles. The van der Waals surface area contributed by atoms with Crippen molar-refractivity contribution in [1.29, 1.82) is 0 Å². The van der Waals surface area contributed by atoms with Crippen LogP contribution in [-0.2, 0) is 22.5 Å². The quantitative estimate of drug-likeness (QED) is 0.309. The Morgan fingerprint density at radius 3 is 2.59 bits per heavy atom. The van der Waals surface area contributed by atoms with Crippen molar-refractivity contribution < 1.29 is 19.4 Å². The fraction of sp³-hybridized carbons (Fsp3) is 0.258. The van der Waals surface area contributed by atoms with Gasteiger partial charge in [0.25, 0.3) is 5.91 Å². The van der Waals surface area contributed by atoms with Crippen LogP contribution >= 0.6 is 11.3 Å². The Labute approximate surface area is 231 Å². The number of hydrogen-bond donors (Lipinski definition) is 1. The van der Waals surface area contributed by atoms with Crippen LogP contribution in [0.15, 0.2) is 89.2 Å². The molecule has 1 spiro atoms. The first-order valence-electron chi connectivity index (χ1n) is 13.0. The standard InChI is InChI=1S/C31H29N3O4S/c1-21-32-25(20-39-21)19-34-27-11-6-5-10-24(27)18-31(30(34)36)28(22-8-3-2-4-9-22)38-29(33-31)23-12-14-26(15-13-23)37-17-7-16-35/h2-6,8-15,20,28,35H,7,16-19H2,1H3/t28-,31-/m1/s1. The van der Waals surface area contributed by atoms with E-state index in [1.807, 2.05) is 90.0 Å². The van der Waals surface area contributed by atoms with E-state index in [1.54, 1.807) is 11.3 Å². The molecule has 1 amide bonds. The molecule has 0 fully saturated rings. The van der Waals surface area contributed by atoms with Gasteiger partial charge in [0.2, 0.25) is 5.90 Å². The summed E-state index contributed by atoms with van der Waals surface area (Å²) in [5.41, 5.74) is 3.30. The zero-order valence-electron chi connectivity index (χ0n) is 21.6. The maximum Gasteiger partial charge on any atom is 0.260 e. The molecular weight excluding hydrogens is 510 g/mol. The number of hydrogen-bond acceptors (Lipinski definition) is 7. The molecule has 6 rings (SSSR count). The number of aliphatic imine (C=N–C) groups is 1. The number of benzene rings is 3. The van der Waals surface area contributed by atoms with Crippen molar-refractivity contribution in [1.82, 2.24) is 4.98 Å². The predicted octanol–water partition coefficient (Wildman–Crippen LogP) is 5.26. The van der Waals surface area contributed by atoms with Crippen molar-refractivity contribution in [2.75, 3.05) is 18.1 Å². The van der Waals surface area contributed by atoms with Gasteiger partial charge in [-0.2, -0.15) is 0 Å². The second-order valence-corrected chi connectivity index (χ2v) is 10.8. The number of rotatable bonds is 8. The van der Waals surface area contributed by atoms with Gasteiger partial charge < -0.3 is 19.5 Å². The number of fused-ring (bicyclic) bond motifs is 1. The van der Waals surface area contributed by atoms with E-state index >= 15 is 0 Å². The Hall–Kier alpha value is -4.01. The van der Waals surface area contributed by atoms with E-state index in [0.717, 1.165) is 33.1 Å². The first kappa shape index (κ1) is 25.3. The first-order chi connectivity index (χ1) is 19.1. The van der Waals surface area contributed by atoms with Crippen LogP contribution in [0.4, 0.5) is 5.69 Å². The number of ether oxygens (including phenoxy) is 2. The summed E-state index contributed by atoms with van der Waals surface area (Å²) < 4.78 is 12.3. The van der Waals surface area contributed by atoms with Gasteiger partial charge in [-0.25, -0.2) is 9.98 Å². The Morgan fingerprint density at radius 1 is 1.08 bits per heavy atom. The molecule has 0 aliphatic carbocycles. The van der Waals surface area contributed by atoms with Gasteiger partial charge in [-0.15, -0.1) is 11.3 Å². The maximum absolute atomic E-state index is 14.6. The van der Waals surface area contributed by atoms with E-state index in [-0.39, 0.29) is 12.5 Å². The minimum atomic E-state index is -1.16. The Morgan fingerprint density at radius 2 is 1.85 bits per heavy atom. The van der Waals surface area contributed by atoms with Crippen molar-refractivity contribution in [2.24, 2.45) is 4.99 Å². The molecule has 3 aromatic carbocycles. The average Bonchev–Trinajstić information content (AvgIpc) is 3.56. The molecule has 0 radical (unpaired) electrons. The highest BCUT2D eigenvalue weighted by atomic mass is 32.1. The highest BCUT2D eigenvalue weighted by Gasteiger charge is 2.57. The minimum Gasteiger partial charge on any atom is -0.494 e. The lowest BCUT2D eigenvalue weighted by molar-refractivity contribution is -0.127. The summed E-state index contributed by atoms with van der Waals surface area (Å²) in [5.74, 6) is 1.04. The number of amides is 1. The monoisotopic (exact) mass is 539 g/mol. The summed E-state index contributed by atoms with van der Waals surface area (Å²) in [5, 5.41) is 12.0. The SMILES string of the molecule is Cc1nc(CN2C(=O)[C@]3(Cc4ccccc42)N=C(c2ccc(OCCCO)cc2)O[C@@H]3c2ccccc2)cs1. The van der Waals surface area contributed by atoms with E-state index in [0.29, 0.717) is 37.6 Å². The summed E-state index contributed by atoms with van der Waals surface area (Å²) in [4.78, 5) is 26.1. The van der Waals surface area contributed by atoms with Crippen LogP contribution in [0.1, 0.15) is 39.9 Å². The highest BCUT2D eigenvalue weighted by Crippen LogP contribution is 2.48. The van der Waals surface area contributed by atoms with Gasteiger partial charge in [0.05, 0.1) is 23.9 Å². The van der Waals surface area contributed by atoms with E-state index < -0.39 is 11.6 Å². The lowest BCUT2D eigenvalue weighted by Crippen LogP contribution is -2.55. The molecule has 2 aliphatic heterocycles. The van der Waals surface area contributed by atoms with Crippen molar-refractivity contribution in [3.8, 4) is 5.75 Å². The van der Waals surface area contributed by atoms with E-state index in [1.165, 1.54) is 0 Å². The number of aliphatic hydroxyl groups excluding tert-OH is 1. The topological polar surface area (TPSA) is 84.3 Å². The Balaban J connectivity index is 1.42. The van der Waals surface area contributed by atoms with Gasteiger partial charge in [0.15, 0.2) is 11.6 Å². The second-order valence-electron chi connectivity index (χ2n) is 9.75. The van der Waals surface area contributed by atoms with E-state index in [2.05, 4.69) is 11.1 Å². The van der Waals surface area contributed by atoms with Gasteiger partial charge >= 0.3 is 0 Å². The van der Waals surface area contributed by atoms with Gasteiger partial charge in [-0.05, 0) is 48.4 Å². The Kier molecular flexibility index (Phi) is 6.89. The largest absolute Gasteiger partial charge is 0.494 e. The lowest BCUT2D eigenvalue weighted by Gasteiger charge is -2.40. The third-order valence-corrected chi connectivity index (χ3v) is 7.91. The Bertz CT molecular complexity index is 1500. The molecule has 0 saturated carbocycles. The van der Waals surface area contributed by atoms with Crippen LogP contribution in [0.25, 0.3) is 0 Å². The molecule has 8 heteroatoms. The number of carbonyl (C=O) groups excluding carboxylic acids is 1. The number of anilines is 1. The summed E-state index contributed by atoms with van der Waals surface area (Å²) in [6, 6.07) is 25.4. The van der Waals surface area contributed by atoms with Gasteiger partial charge in [-0.3, -0.25) is 4.79 Å². The van der Waals surface area contributed by atoms with Crippen LogP contribution < -0.4 is 9.64 Å². The van der Waals surface area contributed by atoms with Crippen LogP contribution in [0, 0.1) is 6.92 Å². The molecule has 0 bridgehead atoms. The number of carbonyl (C=O) groups is 1. The molecule has 1 aromatic heterocycles. The van der Waals surface area contributed by atoms with Gasteiger partial charge in [-0.1, -0.05) is 48.5 Å². The molecular formula is C31H29N3O4S. The van der Waals surface area contributed by atoms with Crippen LogP contribution in [-0.4, -0.2) is 40.6 Å². The molecule has 39 heavy (non-hydrogen) atoms. The van der Waals surface area contributed by atoms with Crippen LogP contribution in [0.3, 0.4) is 0 Å². The molecule has 198 valence electrons. The summed E-state index contributed by atoms with van der Waals surface area (Å²) >= 11 is 1.58. The maximum atomic E-state index is 14.6. The lowest BCUT2D eigenvalue weighted by atomic mass is 9.78. The number of aryl methyl sites for hydroxylation is 1. The number of aliphatic hydroxyl groups is 1. The number of aromatic nitrogens is 1. The summed E-state index contributed by atoms with van der Waals surface area (Å²) in [6.45, 7) is 2.86. The third kappa shape index (κ3) is 4.82. The van der Waals surface area contributed by atoms with Crippen molar-refractivity contribution in [3.63, 3.8) is 0 Å². The third-order valence-electron chi connectivity index (χ3n) is 7.08. The highest BCUT2D eigenvalue weighted by molar-refractivity contribution is 7.09. The number of para-hydroxylation sites is 1.